The van der Waals surface area contributed by atoms with Gasteiger partial charge in [-0.2, -0.15) is 0 Å². The number of carbonyl (C=O) groups excluding carboxylic acids is 2. The molecule has 0 spiro atoms. The molecule has 17 heavy (non-hydrogen) atoms. The Morgan fingerprint density at radius 1 is 1.24 bits per heavy atom. The van der Waals surface area contributed by atoms with E-state index in [4.69, 9.17) is 11.6 Å². The van der Waals surface area contributed by atoms with Crippen LogP contribution in [0, 0.1) is 0 Å². The van der Waals surface area contributed by atoms with E-state index in [0.717, 1.165) is 24.8 Å². The van der Waals surface area contributed by atoms with E-state index in [0.29, 0.717) is 11.1 Å². The van der Waals surface area contributed by atoms with Gasteiger partial charge in [0.15, 0.2) is 0 Å². The van der Waals surface area contributed by atoms with Gasteiger partial charge in [0, 0.05) is 0 Å². The van der Waals surface area contributed by atoms with Gasteiger partial charge in [0.1, 0.15) is 0 Å². The summed E-state index contributed by atoms with van der Waals surface area (Å²) in [5, 5.41) is -0.122. The van der Waals surface area contributed by atoms with Crippen molar-refractivity contribution in [1.82, 2.24) is 0 Å². The molecule has 1 aliphatic rings. The van der Waals surface area contributed by atoms with Crippen LogP contribution in [0.3, 0.4) is 0 Å². The fourth-order valence-corrected chi connectivity index (χ4v) is 2.14. The quantitative estimate of drug-likeness (QED) is 0.468. The molecule has 0 aromatic heterocycles. The monoisotopic (exact) mass is 252 g/mol. The lowest BCUT2D eigenvalue weighted by Gasteiger charge is -2.09. The van der Waals surface area contributed by atoms with E-state index in [2.05, 4.69) is 11.7 Å². The van der Waals surface area contributed by atoms with E-state index in [9.17, 15) is 9.59 Å². The molecule has 0 amide bonds. The molecule has 2 rings (SSSR count). The number of benzene rings is 1. The van der Waals surface area contributed by atoms with E-state index in [-0.39, 0.29) is 5.38 Å². The number of carbonyl (C=O) groups is 2. The Balaban J connectivity index is 2.25. The summed E-state index contributed by atoms with van der Waals surface area (Å²) in [4.78, 5) is 22.6. The van der Waals surface area contributed by atoms with Gasteiger partial charge in [0.25, 0.3) is 0 Å². The van der Waals surface area contributed by atoms with Crippen LogP contribution in [0.15, 0.2) is 18.2 Å². The highest BCUT2D eigenvalue weighted by atomic mass is 35.5. The van der Waals surface area contributed by atoms with Gasteiger partial charge in [-0.05, 0) is 24.1 Å². The predicted molar refractivity (Wildman–Crippen MR) is 64.3 cm³/mol. The minimum atomic E-state index is -0.578. The second kappa shape index (κ2) is 4.88. The molecule has 4 heteroatoms. The molecule has 1 aromatic rings. The number of cyclic esters (lactones) is 2. The van der Waals surface area contributed by atoms with Crippen LogP contribution >= 0.6 is 11.6 Å². The van der Waals surface area contributed by atoms with Gasteiger partial charge in [-0.25, -0.2) is 9.59 Å². The third-order valence-corrected chi connectivity index (χ3v) is 3.31. The van der Waals surface area contributed by atoms with Crippen molar-refractivity contribution in [3.63, 3.8) is 0 Å². The molecule has 0 N–H and O–H groups in total. The first-order chi connectivity index (χ1) is 8.13. The van der Waals surface area contributed by atoms with Gasteiger partial charge in [0.05, 0.1) is 16.5 Å². The van der Waals surface area contributed by atoms with Gasteiger partial charge in [-0.3, -0.25) is 0 Å². The summed E-state index contributed by atoms with van der Waals surface area (Å²) in [5.41, 5.74) is 1.53. The van der Waals surface area contributed by atoms with Crippen LogP contribution in [0.5, 0.6) is 0 Å². The first-order valence-corrected chi connectivity index (χ1v) is 6.11. The Morgan fingerprint density at radius 2 is 1.94 bits per heavy atom. The number of hydrogen-bond donors (Lipinski definition) is 0. The molecule has 0 bridgehead atoms. The van der Waals surface area contributed by atoms with E-state index in [1.165, 1.54) is 0 Å². The molecule has 1 aromatic carbocycles. The highest BCUT2D eigenvalue weighted by Gasteiger charge is 2.30. The molecule has 0 radical (unpaired) electrons. The molecule has 90 valence electrons. The van der Waals surface area contributed by atoms with Crippen LogP contribution < -0.4 is 0 Å². The second-order valence-electron chi connectivity index (χ2n) is 4.09. The number of rotatable bonds is 4. The fraction of sp³-hybridized carbons (Fsp3) is 0.385. The average Bonchev–Trinajstić information content (AvgIpc) is 2.61. The van der Waals surface area contributed by atoms with Crippen molar-refractivity contribution in [2.45, 2.75) is 31.6 Å². The number of halogens is 1. The van der Waals surface area contributed by atoms with Crippen LogP contribution in [-0.2, 0) is 4.74 Å². The minimum absolute atomic E-state index is 0.122. The van der Waals surface area contributed by atoms with E-state index in [1.54, 1.807) is 18.2 Å². The Hall–Kier alpha value is -1.35. The molecular weight excluding hydrogens is 240 g/mol. The molecular formula is C13H13ClO3. The molecule has 0 saturated carbocycles. The van der Waals surface area contributed by atoms with Crippen LogP contribution in [0.4, 0.5) is 0 Å². The van der Waals surface area contributed by atoms with Crippen molar-refractivity contribution < 1.29 is 14.3 Å². The zero-order chi connectivity index (χ0) is 12.4. The summed E-state index contributed by atoms with van der Waals surface area (Å²) in [6, 6.07) is 5.06. The molecule has 1 unspecified atom stereocenters. The van der Waals surface area contributed by atoms with Gasteiger partial charge in [0.2, 0.25) is 0 Å². The van der Waals surface area contributed by atoms with Gasteiger partial charge < -0.3 is 4.74 Å². The normalized spacial score (nSPS) is 15.6. The molecule has 0 aliphatic carbocycles. The van der Waals surface area contributed by atoms with E-state index >= 15 is 0 Å². The molecule has 0 saturated heterocycles. The van der Waals surface area contributed by atoms with Crippen molar-refractivity contribution >= 4 is 23.5 Å². The summed E-state index contributed by atoms with van der Waals surface area (Å²) in [5.74, 6) is -1.15. The third-order valence-electron chi connectivity index (χ3n) is 2.84. The number of hydrogen-bond acceptors (Lipinski definition) is 3. The number of unbranched alkanes of at least 4 members (excludes halogenated alkanes) is 1. The summed E-state index contributed by atoms with van der Waals surface area (Å²) < 4.78 is 4.53. The van der Waals surface area contributed by atoms with Crippen molar-refractivity contribution in [2.24, 2.45) is 0 Å². The van der Waals surface area contributed by atoms with Crippen molar-refractivity contribution in [2.75, 3.05) is 0 Å². The topological polar surface area (TPSA) is 43.4 Å². The largest absolute Gasteiger partial charge is 0.386 e. The Labute approximate surface area is 105 Å². The number of fused-ring (bicyclic) bond motifs is 1. The first-order valence-electron chi connectivity index (χ1n) is 5.68. The highest BCUT2D eigenvalue weighted by molar-refractivity contribution is 6.21. The lowest BCUT2D eigenvalue weighted by molar-refractivity contribution is 0.0444. The van der Waals surface area contributed by atoms with Crippen LogP contribution in [0.1, 0.15) is 57.8 Å². The van der Waals surface area contributed by atoms with Crippen LogP contribution in [0.2, 0.25) is 0 Å². The van der Waals surface area contributed by atoms with Gasteiger partial charge in [-0.1, -0.05) is 25.8 Å². The summed E-state index contributed by atoms with van der Waals surface area (Å²) in [6.07, 6.45) is 2.98. The Bertz CT molecular complexity index is 468. The number of ether oxygens (including phenoxy) is 1. The highest BCUT2D eigenvalue weighted by Crippen LogP contribution is 2.30. The van der Waals surface area contributed by atoms with E-state index < -0.39 is 11.9 Å². The molecule has 1 atom stereocenters. The zero-order valence-electron chi connectivity index (χ0n) is 9.53. The first kappa shape index (κ1) is 12.1. The fourth-order valence-electron chi connectivity index (χ4n) is 1.85. The number of alkyl halides is 1. The Morgan fingerprint density at radius 3 is 2.65 bits per heavy atom. The van der Waals surface area contributed by atoms with Crippen molar-refractivity contribution in [3.8, 4) is 0 Å². The third kappa shape index (κ3) is 2.34. The standard InChI is InChI=1S/C13H13ClO3/c1-2-3-4-11(14)8-5-6-9-10(7-8)13(16)17-12(9)15/h5-7,11H,2-4H2,1H3. The minimum Gasteiger partial charge on any atom is -0.386 e. The van der Waals surface area contributed by atoms with Gasteiger partial charge in [-0.15, -0.1) is 11.6 Å². The zero-order valence-corrected chi connectivity index (χ0v) is 10.3. The maximum atomic E-state index is 11.4. The molecule has 3 nitrogen and oxygen atoms in total. The maximum absolute atomic E-state index is 11.4. The SMILES string of the molecule is CCCCC(Cl)c1ccc2c(c1)C(=O)OC2=O. The lowest BCUT2D eigenvalue weighted by atomic mass is 10.0. The molecule has 1 heterocycles. The molecule has 1 aliphatic heterocycles. The Kier molecular flexibility index (Phi) is 3.48. The van der Waals surface area contributed by atoms with Crippen LogP contribution in [0.25, 0.3) is 0 Å². The summed E-state index contributed by atoms with van der Waals surface area (Å²) in [6.45, 7) is 2.10. The van der Waals surface area contributed by atoms with Crippen molar-refractivity contribution in [3.05, 3.63) is 34.9 Å². The smallest absolute Gasteiger partial charge is 0.346 e. The predicted octanol–water partition coefficient (Wildman–Crippen LogP) is 3.47. The molecule has 0 fully saturated rings. The number of esters is 2. The summed E-state index contributed by atoms with van der Waals surface area (Å²) in [7, 11) is 0. The van der Waals surface area contributed by atoms with E-state index in [1.807, 2.05) is 0 Å². The van der Waals surface area contributed by atoms with Crippen molar-refractivity contribution in [1.29, 1.82) is 0 Å². The maximum Gasteiger partial charge on any atom is 0.346 e. The lowest BCUT2D eigenvalue weighted by Crippen LogP contribution is -1.97. The second-order valence-corrected chi connectivity index (χ2v) is 4.62. The van der Waals surface area contributed by atoms with Crippen LogP contribution in [-0.4, -0.2) is 11.9 Å². The average molecular weight is 253 g/mol. The van der Waals surface area contributed by atoms with Gasteiger partial charge >= 0.3 is 11.9 Å². The summed E-state index contributed by atoms with van der Waals surface area (Å²) >= 11 is 6.23.